The van der Waals surface area contributed by atoms with E-state index in [9.17, 15) is 14.9 Å². The predicted molar refractivity (Wildman–Crippen MR) is 89.7 cm³/mol. The third-order valence-corrected chi connectivity index (χ3v) is 3.87. The first kappa shape index (κ1) is 16.3. The molecule has 0 aliphatic rings. The van der Waals surface area contributed by atoms with Crippen molar-refractivity contribution < 1.29 is 9.72 Å². The molecule has 2 rings (SSSR count). The molecule has 0 heterocycles. The van der Waals surface area contributed by atoms with Gasteiger partial charge in [0.05, 0.1) is 4.92 Å². The summed E-state index contributed by atoms with van der Waals surface area (Å²) < 4.78 is 0. The Labute approximate surface area is 136 Å². The number of carbonyl (C=O) groups is 1. The van der Waals surface area contributed by atoms with Crippen LogP contribution in [0.1, 0.15) is 15.9 Å². The highest BCUT2D eigenvalue weighted by Gasteiger charge is 2.14. The Morgan fingerprint density at radius 3 is 2.55 bits per heavy atom. The molecule has 5 nitrogen and oxygen atoms in total. The van der Waals surface area contributed by atoms with Gasteiger partial charge in [0.1, 0.15) is 5.02 Å². The number of nitrogens with zero attached hydrogens (tertiary/aromatic N) is 1. The van der Waals surface area contributed by atoms with Crippen LogP contribution < -0.4 is 5.32 Å². The summed E-state index contributed by atoms with van der Waals surface area (Å²) in [4.78, 5) is 22.4. The first-order chi connectivity index (χ1) is 10.5. The number of carbonyl (C=O) groups excluding carboxylic acids is 1. The number of rotatable bonds is 5. The molecule has 0 atom stereocenters. The lowest BCUT2D eigenvalue weighted by atomic mass is 10.1. The van der Waals surface area contributed by atoms with Gasteiger partial charge in [0.15, 0.2) is 0 Å². The van der Waals surface area contributed by atoms with Gasteiger partial charge >= 0.3 is 0 Å². The molecule has 0 spiro atoms. The third kappa shape index (κ3) is 3.99. The molecule has 7 heteroatoms. The average molecular weight is 337 g/mol. The third-order valence-electron chi connectivity index (χ3n) is 2.93. The number of nitro benzene ring substituents is 1. The molecular weight excluding hydrogens is 324 g/mol. The van der Waals surface area contributed by atoms with Gasteiger partial charge in [-0.15, -0.1) is 0 Å². The van der Waals surface area contributed by atoms with Crippen LogP contribution in [-0.4, -0.2) is 17.1 Å². The van der Waals surface area contributed by atoms with Crippen molar-refractivity contribution in [1.29, 1.82) is 0 Å². The molecule has 22 heavy (non-hydrogen) atoms. The molecule has 0 aliphatic heterocycles. The van der Waals surface area contributed by atoms with E-state index in [1.807, 2.05) is 18.4 Å². The van der Waals surface area contributed by atoms with Crippen LogP contribution in [0.25, 0.3) is 0 Å². The second kappa shape index (κ2) is 7.29. The largest absolute Gasteiger partial charge is 0.322 e. The van der Waals surface area contributed by atoms with E-state index in [1.165, 1.54) is 18.2 Å². The molecule has 0 bridgehead atoms. The molecule has 0 unspecified atom stereocenters. The Morgan fingerprint density at radius 1 is 1.27 bits per heavy atom. The average Bonchev–Trinajstić information content (AvgIpc) is 2.50. The van der Waals surface area contributed by atoms with Crippen LogP contribution in [-0.2, 0) is 5.75 Å². The van der Waals surface area contributed by atoms with Crippen LogP contribution in [0.5, 0.6) is 0 Å². The number of halogens is 1. The number of amides is 1. The fourth-order valence-corrected chi connectivity index (χ4v) is 2.56. The summed E-state index contributed by atoms with van der Waals surface area (Å²) in [7, 11) is 0. The summed E-state index contributed by atoms with van der Waals surface area (Å²) in [6.07, 6.45) is 2.01. The lowest BCUT2D eigenvalue weighted by Crippen LogP contribution is -2.12. The van der Waals surface area contributed by atoms with Crippen LogP contribution in [0.3, 0.4) is 0 Å². The number of thioether (sulfide) groups is 1. The van der Waals surface area contributed by atoms with Gasteiger partial charge in [0, 0.05) is 23.1 Å². The number of benzene rings is 2. The monoisotopic (exact) mass is 336 g/mol. The summed E-state index contributed by atoms with van der Waals surface area (Å²) in [6, 6.07) is 11.4. The summed E-state index contributed by atoms with van der Waals surface area (Å²) in [5.41, 5.74) is 1.71. The summed E-state index contributed by atoms with van der Waals surface area (Å²) in [6.45, 7) is 0. The van der Waals surface area contributed by atoms with Crippen molar-refractivity contribution in [3.05, 3.63) is 68.7 Å². The summed E-state index contributed by atoms with van der Waals surface area (Å²) in [5, 5.41) is 13.5. The Morgan fingerprint density at radius 2 is 1.95 bits per heavy atom. The van der Waals surface area contributed by atoms with Crippen molar-refractivity contribution in [2.45, 2.75) is 5.75 Å². The minimum Gasteiger partial charge on any atom is -0.322 e. The Balaban J connectivity index is 2.14. The predicted octanol–water partition coefficient (Wildman–Crippen LogP) is 4.36. The van der Waals surface area contributed by atoms with Gasteiger partial charge in [-0.25, -0.2) is 0 Å². The molecule has 0 radical (unpaired) electrons. The summed E-state index contributed by atoms with van der Waals surface area (Å²) in [5.74, 6) is 0.554. The highest BCUT2D eigenvalue weighted by molar-refractivity contribution is 7.97. The van der Waals surface area contributed by atoms with Gasteiger partial charge in [-0.2, -0.15) is 11.8 Å². The topological polar surface area (TPSA) is 72.2 Å². The zero-order valence-corrected chi connectivity index (χ0v) is 13.3. The minimum absolute atomic E-state index is 0.0319. The van der Waals surface area contributed by atoms with Gasteiger partial charge < -0.3 is 5.32 Å². The number of hydrogen-bond donors (Lipinski definition) is 1. The summed E-state index contributed by atoms with van der Waals surface area (Å²) >= 11 is 7.44. The molecule has 1 amide bonds. The van der Waals surface area contributed by atoms with E-state index in [1.54, 1.807) is 23.9 Å². The van der Waals surface area contributed by atoms with Gasteiger partial charge in [0.2, 0.25) is 0 Å². The van der Waals surface area contributed by atoms with E-state index in [0.29, 0.717) is 11.3 Å². The Bertz CT molecular complexity index is 704. The van der Waals surface area contributed by atoms with Crippen molar-refractivity contribution in [2.24, 2.45) is 0 Å². The molecular formula is C15H13ClN2O3S. The Hall–Kier alpha value is -2.05. The molecule has 1 N–H and O–H groups in total. The van der Waals surface area contributed by atoms with E-state index in [4.69, 9.17) is 11.6 Å². The number of nitrogens with one attached hydrogen (secondary N) is 1. The smallest absolute Gasteiger partial charge is 0.289 e. The second-order valence-corrected chi connectivity index (χ2v) is 5.78. The Kier molecular flexibility index (Phi) is 5.41. The van der Waals surface area contributed by atoms with Crippen LogP contribution in [0.2, 0.25) is 5.02 Å². The quantitative estimate of drug-likeness (QED) is 0.650. The maximum absolute atomic E-state index is 12.1. The van der Waals surface area contributed by atoms with Crippen LogP contribution in [0, 0.1) is 10.1 Å². The number of anilines is 1. The van der Waals surface area contributed by atoms with Crippen molar-refractivity contribution in [3.8, 4) is 0 Å². The van der Waals surface area contributed by atoms with E-state index >= 15 is 0 Å². The first-order valence-electron chi connectivity index (χ1n) is 6.34. The maximum atomic E-state index is 12.1. The minimum atomic E-state index is -0.588. The van der Waals surface area contributed by atoms with Gasteiger partial charge in [-0.05, 0) is 36.1 Å². The highest BCUT2D eigenvalue weighted by Crippen LogP contribution is 2.27. The van der Waals surface area contributed by atoms with Crippen LogP contribution in [0.4, 0.5) is 11.4 Å². The number of hydrogen-bond acceptors (Lipinski definition) is 4. The van der Waals surface area contributed by atoms with Crippen molar-refractivity contribution >= 4 is 40.6 Å². The zero-order chi connectivity index (χ0) is 16.1. The molecule has 0 saturated heterocycles. The normalized spacial score (nSPS) is 10.3. The molecule has 2 aromatic rings. The van der Waals surface area contributed by atoms with Crippen LogP contribution >= 0.6 is 23.4 Å². The fraction of sp³-hybridized carbons (Fsp3) is 0.133. The van der Waals surface area contributed by atoms with E-state index in [2.05, 4.69) is 5.32 Å². The zero-order valence-electron chi connectivity index (χ0n) is 11.7. The van der Waals surface area contributed by atoms with Gasteiger partial charge in [-0.1, -0.05) is 23.7 Å². The molecule has 0 aromatic heterocycles. The van der Waals surface area contributed by atoms with Gasteiger partial charge in [0.25, 0.3) is 11.6 Å². The lowest BCUT2D eigenvalue weighted by molar-refractivity contribution is -0.384. The molecule has 0 saturated carbocycles. The molecule has 0 aliphatic carbocycles. The number of nitro groups is 1. The highest BCUT2D eigenvalue weighted by atomic mass is 35.5. The van der Waals surface area contributed by atoms with Crippen molar-refractivity contribution in [1.82, 2.24) is 0 Å². The van der Waals surface area contributed by atoms with Crippen molar-refractivity contribution in [2.75, 3.05) is 11.6 Å². The second-order valence-electron chi connectivity index (χ2n) is 4.51. The fourth-order valence-electron chi connectivity index (χ4n) is 1.85. The molecule has 0 fully saturated rings. The standard InChI is InChI=1S/C15H13ClN2O3S/c1-22-9-10-2-4-11(5-3-10)15(19)17-12-6-7-13(16)14(8-12)18(20)21/h2-8H,9H2,1H3,(H,17,19). The molecule has 114 valence electrons. The maximum Gasteiger partial charge on any atom is 0.289 e. The van der Waals surface area contributed by atoms with E-state index in [0.717, 1.165) is 11.3 Å². The van der Waals surface area contributed by atoms with E-state index < -0.39 is 4.92 Å². The van der Waals surface area contributed by atoms with Crippen molar-refractivity contribution in [3.63, 3.8) is 0 Å². The van der Waals surface area contributed by atoms with Gasteiger partial charge in [-0.3, -0.25) is 14.9 Å². The molecule has 2 aromatic carbocycles. The van der Waals surface area contributed by atoms with E-state index in [-0.39, 0.29) is 16.6 Å². The lowest BCUT2D eigenvalue weighted by Gasteiger charge is -2.06. The SMILES string of the molecule is CSCc1ccc(C(=O)Nc2ccc(Cl)c([N+](=O)[O-])c2)cc1. The first-order valence-corrected chi connectivity index (χ1v) is 8.11. The van der Waals surface area contributed by atoms with Crippen LogP contribution in [0.15, 0.2) is 42.5 Å².